The van der Waals surface area contributed by atoms with Crippen LogP contribution in [-0.2, 0) is 25.5 Å². The van der Waals surface area contributed by atoms with Crippen molar-refractivity contribution < 1.29 is 19.1 Å². The summed E-state index contributed by atoms with van der Waals surface area (Å²) in [4.78, 5) is 37.1. The van der Waals surface area contributed by atoms with E-state index in [0.29, 0.717) is 18.6 Å². The number of hydrogen-bond donors (Lipinski definition) is 1. The lowest BCUT2D eigenvalue weighted by Crippen LogP contribution is -2.40. The number of benzene rings is 1. The van der Waals surface area contributed by atoms with Crippen molar-refractivity contribution in [2.75, 3.05) is 6.61 Å². The third-order valence-corrected chi connectivity index (χ3v) is 6.46. The fraction of sp³-hybridized carbons (Fsp3) is 0.625. The molecule has 0 radical (unpaired) electrons. The highest BCUT2D eigenvalue weighted by atomic mass is 16.5. The van der Waals surface area contributed by atoms with Crippen LogP contribution in [0.15, 0.2) is 24.3 Å². The quantitative estimate of drug-likeness (QED) is 0.704. The van der Waals surface area contributed by atoms with Crippen molar-refractivity contribution in [1.29, 1.82) is 0 Å². The Morgan fingerprint density at radius 3 is 2.28 bits per heavy atom. The Hall–Kier alpha value is -2.17. The molecule has 5 heteroatoms. The second-order valence-corrected chi connectivity index (χ2v) is 8.89. The third kappa shape index (κ3) is 5.26. The number of Topliss-reactive ketones (excluding diaryl/α,β-unsaturated/α-hetero) is 1. The van der Waals surface area contributed by atoms with Gasteiger partial charge in [-0.25, -0.2) is 0 Å². The molecular formula is C24H33NO4. The largest absolute Gasteiger partial charge is 0.455 e. The van der Waals surface area contributed by atoms with E-state index in [9.17, 15) is 14.4 Å². The van der Waals surface area contributed by atoms with Crippen LogP contribution in [0.4, 0.5) is 0 Å². The highest BCUT2D eigenvalue weighted by molar-refractivity contribution is 5.88. The second-order valence-electron chi connectivity index (χ2n) is 8.89. The Morgan fingerprint density at radius 2 is 1.72 bits per heavy atom. The summed E-state index contributed by atoms with van der Waals surface area (Å²) in [5.41, 5.74) is 2.31. The monoisotopic (exact) mass is 399 g/mol. The van der Waals surface area contributed by atoms with E-state index in [1.165, 1.54) is 5.56 Å². The minimum Gasteiger partial charge on any atom is -0.455 e. The van der Waals surface area contributed by atoms with Crippen LogP contribution in [0.3, 0.4) is 0 Å². The molecular weight excluding hydrogens is 366 g/mol. The average molecular weight is 400 g/mol. The summed E-state index contributed by atoms with van der Waals surface area (Å²) >= 11 is 0. The maximum atomic E-state index is 12.5. The average Bonchev–Trinajstić information content (AvgIpc) is 2.70. The number of esters is 1. The maximum Gasteiger partial charge on any atom is 0.309 e. The summed E-state index contributed by atoms with van der Waals surface area (Å²) in [5, 5.41) is 3.01. The molecule has 5 nitrogen and oxygen atoms in total. The molecule has 0 saturated heterocycles. The minimum absolute atomic E-state index is 0.00490. The van der Waals surface area contributed by atoms with Gasteiger partial charge in [0.05, 0.1) is 12.0 Å². The highest BCUT2D eigenvalue weighted by Crippen LogP contribution is 2.40. The van der Waals surface area contributed by atoms with E-state index < -0.39 is 0 Å². The van der Waals surface area contributed by atoms with Crippen molar-refractivity contribution in [2.24, 2.45) is 23.7 Å². The van der Waals surface area contributed by atoms with Gasteiger partial charge in [0.15, 0.2) is 6.61 Å². The number of aryl methyl sites for hydroxylation is 1. The van der Waals surface area contributed by atoms with Crippen molar-refractivity contribution in [2.45, 2.75) is 65.3 Å². The SMILES string of the molecule is CCc1ccc([C@@H](NC(=O)COC(=O)C2C[C@H]3CCC[C@@H](C2)C3=O)C(C)C)cc1. The van der Waals surface area contributed by atoms with Gasteiger partial charge in [0, 0.05) is 11.8 Å². The number of ether oxygens (including phenoxy) is 1. The zero-order valence-corrected chi connectivity index (χ0v) is 17.8. The number of hydrogen-bond acceptors (Lipinski definition) is 4. The molecule has 1 aromatic carbocycles. The Balaban J connectivity index is 1.52. The van der Waals surface area contributed by atoms with Crippen molar-refractivity contribution in [3.63, 3.8) is 0 Å². The summed E-state index contributed by atoms with van der Waals surface area (Å²) in [6.07, 6.45) is 4.96. The Bertz CT molecular complexity index is 724. The molecule has 1 N–H and O–H groups in total. The molecule has 2 aliphatic carbocycles. The fourth-order valence-corrected chi connectivity index (χ4v) is 4.74. The molecule has 0 aromatic heterocycles. The highest BCUT2D eigenvalue weighted by Gasteiger charge is 2.41. The van der Waals surface area contributed by atoms with Crippen molar-refractivity contribution in [3.8, 4) is 0 Å². The first-order valence-corrected chi connectivity index (χ1v) is 11.0. The van der Waals surface area contributed by atoms with Crippen LogP contribution < -0.4 is 5.32 Å². The standard InChI is InChI=1S/C24H33NO4/c1-4-16-8-10-17(11-9-16)22(15(2)3)25-21(26)14-29-24(28)20-12-18-6-5-7-19(13-20)23(18)27/h8-11,15,18-20,22H,4-7,12-14H2,1-3H3,(H,25,26)/t18-,19+,20?,22-/m0/s1. The van der Waals surface area contributed by atoms with Gasteiger partial charge in [-0.1, -0.05) is 51.5 Å². The minimum atomic E-state index is -0.335. The lowest BCUT2D eigenvalue weighted by molar-refractivity contribution is -0.156. The summed E-state index contributed by atoms with van der Waals surface area (Å²) < 4.78 is 5.33. The maximum absolute atomic E-state index is 12.5. The van der Waals surface area contributed by atoms with Crippen LogP contribution >= 0.6 is 0 Å². The Labute approximate surface area is 173 Å². The first-order valence-electron chi connectivity index (χ1n) is 11.0. The molecule has 2 aliphatic rings. The van der Waals surface area contributed by atoms with E-state index in [-0.39, 0.29) is 48.2 Å². The van der Waals surface area contributed by atoms with Gasteiger partial charge in [-0.15, -0.1) is 0 Å². The number of rotatable bonds is 7. The molecule has 1 aromatic rings. The van der Waals surface area contributed by atoms with Crippen LogP contribution in [-0.4, -0.2) is 24.3 Å². The van der Waals surface area contributed by atoms with E-state index >= 15 is 0 Å². The number of fused-ring (bicyclic) bond motifs is 2. The lowest BCUT2D eigenvalue weighted by atomic mass is 9.67. The normalized spacial score (nSPS) is 24.8. The predicted molar refractivity (Wildman–Crippen MR) is 111 cm³/mol. The number of carbonyl (C=O) groups excluding carboxylic acids is 3. The van der Waals surface area contributed by atoms with Crippen LogP contribution in [0.2, 0.25) is 0 Å². The molecule has 2 bridgehead atoms. The van der Waals surface area contributed by atoms with Gasteiger partial charge in [0.2, 0.25) is 0 Å². The molecule has 3 rings (SSSR count). The lowest BCUT2D eigenvalue weighted by Gasteiger charge is -2.36. The summed E-state index contributed by atoms with van der Waals surface area (Å²) in [6.45, 7) is 5.96. The number of ketones is 1. The van der Waals surface area contributed by atoms with Crippen LogP contribution in [0.1, 0.15) is 70.0 Å². The topological polar surface area (TPSA) is 72.5 Å². The first kappa shape index (κ1) is 21.5. The van der Waals surface area contributed by atoms with Gasteiger partial charge >= 0.3 is 5.97 Å². The molecule has 1 unspecified atom stereocenters. The molecule has 4 atom stereocenters. The predicted octanol–water partition coefficient (Wildman–Crippen LogP) is 4.00. The van der Waals surface area contributed by atoms with E-state index in [1.54, 1.807) is 0 Å². The van der Waals surface area contributed by atoms with Gasteiger partial charge in [0.25, 0.3) is 5.91 Å². The van der Waals surface area contributed by atoms with Crippen molar-refractivity contribution >= 4 is 17.7 Å². The Kier molecular flexibility index (Phi) is 7.09. The Morgan fingerprint density at radius 1 is 1.10 bits per heavy atom. The van der Waals surface area contributed by atoms with Crippen LogP contribution in [0.25, 0.3) is 0 Å². The molecule has 29 heavy (non-hydrogen) atoms. The van der Waals surface area contributed by atoms with Gasteiger partial charge in [-0.2, -0.15) is 0 Å². The molecule has 2 fully saturated rings. The zero-order valence-electron chi connectivity index (χ0n) is 17.8. The zero-order chi connectivity index (χ0) is 21.0. The number of amides is 1. The van der Waals surface area contributed by atoms with Crippen molar-refractivity contribution in [1.82, 2.24) is 5.32 Å². The van der Waals surface area contributed by atoms with Gasteiger partial charge in [0.1, 0.15) is 5.78 Å². The molecule has 0 heterocycles. The fourth-order valence-electron chi connectivity index (χ4n) is 4.74. The molecule has 0 spiro atoms. The van der Waals surface area contributed by atoms with Crippen LogP contribution in [0.5, 0.6) is 0 Å². The number of carbonyl (C=O) groups is 3. The van der Waals surface area contributed by atoms with Gasteiger partial charge in [-0.05, 0) is 49.1 Å². The smallest absolute Gasteiger partial charge is 0.309 e. The molecule has 158 valence electrons. The van der Waals surface area contributed by atoms with Gasteiger partial charge in [-0.3, -0.25) is 14.4 Å². The van der Waals surface area contributed by atoms with Crippen LogP contribution in [0, 0.1) is 23.7 Å². The summed E-state index contributed by atoms with van der Waals surface area (Å²) in [7, 11) is 0. The van der Waals surface area contributed by atoms with Crippen molar-refractivity contribution in [3.05, 3.63) is 35.4 Å². The summed E-state index contributed by atoms with van der Waals surface area (Å²) in [5.74, 6) is -0.326. The van der Waals surface area contributed by atoms with Gasteiger partial charge < -0.3 is 10.1 Å². The molecule has 0 aliphatic heterocycles. The van der Waals surface area contributed by atoms with E-state index in [2.05, 4.69) is 38.2 Å². The molecule has 1 amide bonds. The van der Waals surface area contributed by atoms with E-state index in [1.807, 2.05) is 12.1 Å². The third-order valence-electron chi connectivity index (χ3n) is 6.46. The number of nitrogens with one attached hydrogen (secondary N) is 1. The first-order chi connectivity index (χ1) is 13.9. The second kappa shape index (κ2) is 9.55. The van der Waals surface area contributed by atoms with E-state index in [4.69, 9.17) is 4.74 Å². The molecule has 2 saturated carbocycles. The van der Waals surface area contributed by atoms with E-state index in [0.717, 1.165) is 31.2 Å². The summed E-state index contributed by atoms with van der Waals surface area (Å²) in [6, 6.07) is 8.14.